The fraction of sp³-hybridized carbons (Fsp3) is 0.143. The summed E-state index contributed by atoms with van der Waals surface area (Å²) in [5, 5.41) is 10.0. The molecule has 1 unspecified atom stereocenters. The lowest BCUT2D eigenvalue weighted by Crippen LogP contribution is -2.06. The molecule has 0 spiro atoms. The molecule has 2 aromatic carbocycles. The summed E-state index contributed by atoms with van der Waals surface area (Å²) in [6.07, 6.45) is -1.06. The summed E-state index contributed by atoms with van der Waals surface area (Å²) >= 11 is 6.29. The van der Waals surface area contributed by atoms with Gasteiger partial charge in [-0.3, -0.25) is 0 Å². The minimum Gasteiger partial charge on any atom is -0.388 e. The van der Waals surface area contributed by atoms with Gasteiger partial charge in [0.15, 0.2) is 0 Å². The van der Waals surface area contributed by atoms with Crippen molar-refractivity contribution in [2.45, 2.75) is 12.5 Å². The zero-order valence-electron chi connectivity index (χ0n) is 9.71. The van der Waals surface area contributed by atoms with Crippen molar-refractivity contribution in [1.29, 1.82) is 0 Å². The summed E-state index contributed by atoms with van der Waals surface area (Å²) < 4.78 is 28.5. The zero-order chi connectivity index (χ0) is 14.0. The Morgan fingerprint density at radius 2 is 1.63 bits per heavy atom. The van der Waals surface area contributed by atoms with Gasteiger partial charge in [0.05, 0.1) is 10.6 Å². The summed E-state index contributed by atoms with van der Waals surface area (Å²) in [4.78, 5) is 0. The molecule has 1 nitrogen and oxygen atoms in total. The molecule has 0 aromatic heterocycles. The Morgan fingerprint density at radius 1 is 1.00 bits per heavy atom. The van der Waals surface area contributed by atoms with Crippen LogP contribution in [0, 0.1) is 11.6 Å². The fourth-order valence-electron chi connectivity index (χ4n) is 1.75. The highest BCUT2D eigenvalue weighted by Gasteiger charge is 2.17. The largest absolute Gasteiger partial charge is 0.388 e. The average Bonchev–Trinajstić information content (AvgIpc) is 2.40. The van der Waals surface area contributed by atoms with E-state index in [9.17, 15) is 13.9 Å². The molecule has 2 rings (SSSR count). The van der Waals surface area contributed by atoms with E-state index in [1.807, 2.05) is 0 Å². The number of hydrogen-bond donors (Lipinski definition) is 1. The van der Waals surface area contributed by atoms with Gasteiger partial charge >= 0.3 is 0 Å². The predicted octanol–water partition coefficient (Wildman–Crippen LogP) is 4.77. The van der Waals surface area contributed by atoms with Crippen LogP contribution in [-0.2, 0) is 6.42 Å². The Bertz CT molecular complexity index is 585. The summed E-state index contributed by atoms with van der Waals surface area (Å²) in [5.74, 6) is -1.33. The molecule has 100 valence electrons. The van der Waals surface area contributed by atoms with Gasteiger partial charge in [0.1, 0.15) is 11.6 Å². The molecule has 0 aliphatic heterocycles. The topological polar surface area (TPSA) is 20.2 Å². The van der Waals surface area contributed by atoms with E-state index in [0.29, 0.717) is 5.56 Å². The molecule has 5 heteroatoms. The smallest absolute Gasteiger partial charge is 0.143 e. The zero-order valence-corrected chi connectivity index (χ0v) is 12.9. The lowest BCUT2D eigenvalue weighted by molar-refractivity contribution is 0.175. The molecule has 0 aliphatic carbocycles. The van der Waals surface area contributed by atoms with Crippen molar-refractivity contribution in [2.75, 3.05) is 0 Å². The Kier molecular flexibility index (Phi) is 4.71. The van der Waals surface area contributed by atoms with Crippen molar-refractivity contribution in [1.82, 2.24) is 0 Å². The first-order valence-electron chi connectivity index (χ1n) is 5.55. The summed E-state index contributed by atoms with van der Waals surface area (Å²) in [5.41, 5.74) is 0.492. The molecule has 0 saturated heterocycles. The van der Waals surface area contributed by atoms with Crippen molar-refractivity contribution in [3.05, 3.63) is 68.1 Å². The third-order valence-electron chi connectivity index (χ3n) is 2.79. The molecule has 2 aromatic rings. The fourth-order valence-corrected chi connectivity index (χ4v) is 2.39. The van der Waals surface area contributed by atoms with E-state index >= 15 is 0 Å². The molecule has 0 fully saturated rings. The number of aliphatic hydroxyl groups excluding tert-OH is 1. The van der Waals surface area contributed by atoms with E-state index in [2.05, 4.69) is 31.9 Å². The second kappa shape index (κ2) is 6.11. The highest BCUT2D eigenvalue weighted by molar-refractivity contribution is 9.10. The van der Waals surface area contributed by atoms with Crippen LogP contribution in [0.1, 0.15) is 17.2 Å². The minimum atomic E-state index is -0.952. The second-order valence-electron chi connectivity index (χ2n) is 4.09. The molecule has 19 heavy (non-hydrogen) atoms. The number of halogens is 4. The van der Waals surface area contributed by atoms with Crippen LogP contribution in [0.2, 0.25) is 0 Å². The van der Waals surface area contributed by atoms with Gasteiger partial charge in [0, 0.05) is 16.5 Å². The maximum Gasteiger partial charge on any atom is 0.143 e. The molecule has 1 N–H and O–H groups in total. The van der Waals surface area contributed by atoms with Crippen molar-refractivity contribution >= 4 is 31.9 Å². The van der Waals surface area contributed by atoms with E-state index < -0.39 is 17.7 Å². The SMILES string of the molecule is OC(Cc1c(F)ccc(Br)c1F)c1ccc(Br)cc1. The molecular weight excluding hydrogens is 382 g/mol. The Balaban J connectivity index is 2.26. The van der Waals surface area contributed by atoms with Crippen LogP contribution in [0.4, 0.5) is 8.78 Å². The lowest BCUT2D eigenvalue weighted by atomic mass is 10.0. The second-order valence-corrected chi connectivity index (χ2v) is 5.86. The standard InChI is InChI=1S/C14H10Br2F2O/c15-9-3-1-8(2-4-9)13(19)7-10-12(17)6-5-11(16)14(10)18/h1-6,13,19H,7H2. The highest BCUT2D eigenvalue weighted by atomic mass is 79.9. The van der Waals surface area contributed by atoms with Crippen LogP contribution in [0.5, 0.6) is 0 Å². The summed E-state index contributed by atoms with van der Waals surface area (Å²) in [7, 11) is 0. The molecule has 1 atom stereocenters. The first-order valence-corrected chi connectivity index (χ1v) is 7.13. The van der Waals surface area contributed by atoms with E-state index in [-0.39, 0.29) is 16.5 Å². The van der Waals surface area contributed by atoms with Crippen molar-refractivity contribution in [2.24, 2.45) is 0 Å². The Hall–Kier alpha value is -0.780. The maximum atomic E-state index is 13.8. The van der Waals surface area contributed by atoms with Crippen molar-refractivity contribution in [3.63, 3.8) is 0 Å². The van der Waals surface area contributed by atoms with Gasteiger partial charge in [-0.1, -0.05) is 28.1 Å². The molecular formula is C14H10Br2F2O. The van der Waals surface area contributed by atoms with E-state index in [1.165, 1.54) is 12.1 Å². The Labute approximate surface area is 126 Å². The first kappa shape index (κ1) is 14.6. The molecule has 0 heterocycles. The van der Waals surface area contributed by atoms with Crippen LogP contribution < -0.4 is 0 Å². The van der Waals surface area contributed by atoms with E-state index in [0.717, 1.165) is 4.47 Å². The molecule has 0 bridgehead atoms. The molecule has 0 aliphatic rings. The van der Waals surface area contributed by atoms with Gasteiger partial charge in [-0.2, -0.15) is 0 Å². The van der Waals surface area contributed by atoms with Crippen LogP contribution in [0.3, 0.4) is 0 Å². The van der Waals surface area contributed by atoms with Gasteiger partial charge in [-0.25, -0.2) is 8.78 Å². The quantitative estimate of drug-likeness (QED) is 0.747. The number of hydrogen-bond acceptors (Lipinski definition) is 1. The normalized spacial score (nSPS) is 12.5. The average molecular weight is 392 g/mol. The van der Waals surface area contributed by atoms with E-state index in [1.54, 1.807) is 24.3 Å². The third-order valence-corrected chi connectivity index (χ3v) is 3.93. The molecule has 0 radical (unpaired) electrons. The lowest BCUT2D eigenvalue weighted by Gasteiger charge is -2.13. The highest BCUT2D eigenvalue weighted by Crippen LogP contribution is 2.27. The van der Waals surface area contributed by atoms with Crippen LogP contribution in [0.15, 0.2) is 45.3 Å². The van der Waals surface area contributed by atoms with Gasteiger partial charge in [0.2, 0.25) is 0 Å². The number of rotatable bonds is 3. The summed E-state index contributed by atoms with van der Waals surface area (Å²) in [6.45, 7) is 0. The van der Waals surface area contributed by atoms with E-state index in [4.69, 9.17) is 0 Å². The summed E-state index contributed by atoms with van der Waals surface area (Å²) in [6, 6.07) is 9.44. The van der Waals surface area contributed by atoms with Crippen LogP contribution in [-0.4, -0.2) is 5.11 Å². The molecule has 0 saturated carbocycles. The number of aliphatic hydroxyl groups is 1. The van der Waals surface area contributed by atoms with Crippen molar-refractivity contribution < 1.29 is 13.9 Å². The third kappa shape index (κ3) is 3.41. The van der Waals surface area contributed by atoms with Gasteiger partial charge in [-0.15, -0.1) is 0 Å². The van der Waals surface area contributed by atoms with Crippen LogP contribution >= 0.6 is 31.9 Å². The van der Waals surface area contributed by atoms with Gasteiger partial charge in [0.25, 0.3) is 0 Å². The van der Waals surface area contributed by atoms with Crippen molar-refractivity contribution in [3.8, 4) is 0 Å². The predicted molar refractivity (Wildman–Crippen MR) is 76.9 cm³/mol. The monoisotopic (exact) mass is 390 g/mol. The van der Waals surface area contributed by atoms with Gasteiger partial charge < -0.3 is 5.11 Å². The van der Waals surface area contributed by atoms with Crippen LogP contribution in [0.25, 0.3) is 0 Å². The number of benzene rings is 2. The maximum absolute atomic E-state index is 13.8. The Morgan fingerprint density at radius 3 is 2.26 bits per heavy atom. The minimum absolute atomic E-state index is 0.112. The molecule has 0 amide bonds. The first-order chi connectivity index (χ1) is 8.99. The van der Waals surface area contributed by atoms with Gasteiger partial charge in [-0.05, 0) is 45.8 Å².